The quantitative estimate of drug-likeness (QED) is 0.685. The van der Waals surface area contributed by atoms with E-state index in [0.29, 0.717) is 6.04 Å². The van der Waals surface area contributed by atoms with Gasteiger partial charge in [0.1, 0.15) is 6.04 Å². The van der Waals surface area contributed by atoms with Gasteiger partial charge in [0.2, 0.25) is 0 Å². The summed E-state index contributed by atoms with van der Waals surface area (Å²) in [7, 11) is 4.78. The molecule has 1 heterocycles. The highest BCUT2D eigenvalue weighted by atomic mass is 15.5. The third-order valence-corrected chi connectivity index (χ3v) is 6.12. The predicted molar refractivity (Wildman–Crippen MR) is 90.7 cm³/mol. The van der Waals surface area contributed by atoms with Crippen molar-refractivity contribution < 1.29 is 4.48 Å². The van der Waals surface area contributed by atoms with Crippen LogP contribution in [0.2, 0.25) is 0 Å². The molecular formula is C19H31N2+. The zero-order valence-corrected chi connectivity index (χ0v) is 14.4. The van der Waals surface area contributed by atoms with Crippen LogP contribution in [-0.2, 0) is 0 Å². The lowest BCUT2D eigenvalue weighted by Gasteiger charge is -2.53. The normalized spacial score (nSPS) is 30.3. The van der Waals surface area contributed by atoms with Crippen LogP contribution in [0.15, 0.2) is 12.1 Å². The van der Waals surface area contributed by atoms with Gasteiger partial charge in [0, 0.05) is 12.6 Å². The molecule has 1 aliphatic carbocycles. The van der Waals surface area contributed by atoms with Gasteiger partial charge in [0.05, 0.1) is 18.8 Å². The maximum atomic E-state index is 2.51. The lowest BCUT2D eigenvalue weighted by Crippen LogP contribution is -2.61. The van der Waals surface area contributed by atoms with Crippen molar-refractivity contribution in [1.29, 1.82) is 0 Å². The summed E-state index contributed by atoms with van der Waals surface area (Å²) < 4.78 is 1.20. The Morgan fingerprint density at radius 1 is 1.10 bits per heavy atom. The van der Waals surface area contributed by atoms with E-state index in [-0.39, 0.29) is 0 Å². The fraction of sp³-hybridized carbons (Fsp3) is 0.684. The molecule has 2 unspecified atom stereocenters. The maximum Gasteiger partial charge on any atom is 0.154 e. The van der Waals surface area contributed by atoms with Crippen LogP contribution in [0.25, 0.3) is 0 Å². The molecule has 3 rings (SSSR count). The van der Waals surface area contributed by atoms with Gasteiger partial charge in [-0.05, 0) is 58.1 Å². The van der Waals surface area contributed by atoms with Crippen LogP contribution in [0, 0.1) is 13.8 Å². The molecule has 1 fully saturated rings. The summed E-state index contributed by atoms with van der Waals surface area (Å²) in [4.78, 5) is 2.51. The molecule has 1 aliphatic heterocycles. The van der Waals surface area contributed by atoms with Crippen LogP contribution in [0.5, 0.6) is 0 Å². The van der Waals surface area contributed by atoms with Gasteiger partial charge in [-0.15, -0.1) is 0 Å². The van der Waals surface area contributed by atoms with Gasteiger partial charge in [-0.1, -0.05) is 18.1 Å². The van der Waals surface area contributed by atoms with E-state index in [2.05, 4.69) is 51.9 Å². The van der Waals surface area contributed by atoms with Crippen molar-refractivity contribution in [2.24, 2.45) is 0 Å². The first kappa shape index (κ1) is 14.9. The minimum absolute atomic E-state index is 0.609. The van der Waals surface area contributed by atoms with Crippen LogP contribution in [0.3, 0.4) is 0 Å². The molecule has 0 spiro atoms. The Bertz CT molecular complexity index is 531. The fourth-order valence-corrected chi connectivity index (χ4v) is 4.90. The monoisotopic (exact) mass is 287 g/mol. The van der Waals surface area contributed by atoms with Crippen molar-refractivity contribution in [1.82, 2.24) is 0 Å². The van der Waals surface area contributed by atoms with E-state index in [0.717, 1.165) is 12.7 Å². The molecule has 0 amide bonds. The second-order valence-corrected chi connectivity index (χ2v) is 7.67. The molecule has 2 heteroatoms. The number of hydrogen-bond acceptors (Lipinski definition) is 1. The molecule has 21 heavy (non-hydrogen) atoms. The van der Waals surface area contributed by atoms with E-state index in [1.165, 1.54) is 53.4 Å². The van der Waals surface area contributed by atoms with E-state index in [4.69, 9.17) is 0 Å². The van der Waals surface area contributed by atoms with Crippen LogP contribution in [0.4, 0.5) is 5.69 Å². The van der Waals surface area contributed by atoms with Crippen molar-refractivity contribution >= 4 is 5.69 Å². The van der Waals surface area contributed by atoms with Crippen molar-refractivity contribution in [2.45, 2.75) is 65.0 Å². The van der Waals surface area contributed by atoms with Crippen molar-refractivity contribution in [3.05, 3.63) is 28.8 Å². The molecule has 1 aromatic rings. The van der Waals surface area contributed by atoms with Crippen molar-refractivity contribution in [3.63, 3.8) is 0 Å². The third kappa shape index (κ3) is 2.38. The van der Waals surface area contributed by atoms with Gasteiger partial charge < -0.3 is 9.38 Å². The average molecular weight is 287 g/mol. The summed E-state index contributed by atoms with van der Waals surface area (Å²) in [6, 6.07) is 6.21. The number of quaternary nitrogens is 1. The van der Waals surface area contributed by atoms with Gasteiger partial charge in [-0.3, -0.25) is 0 Å². The fourth-order valence-electron chi connectivity index (χ4n) is 4.90. The molecule has 2 atom stereocenters. The predicted octanol–water partition coefficient (Wildman–Crippen LogP) is 4.55. The first-order valence-electron chi connectivity index (χ1n) is 8.60. The molecule has 0 saturated heterocycles. The summed E-state index contributed by atoms with van der Waals surface area (Å²) in [6.07, 6.45) is 7.11. The largest absolute Gasteiger partial charge is 0.327 e. The minimum Gasteiger partial charge on any atom is -0.327 e. The van der Waals surface area contributed by atoms with Gasteiger partial charge in [0.25, 0.3) is 0 Å². The number of nitrogens with zero attached hydrogens (tertiary/aromatic N) is 2. The molecule has 2 aliphatic rings. The average Bonchev–Trinajstić information content (AvgIpc) is 2.45. The van der Waals surface area contributed by atoms with Crippen LogP contribution < -0.4 is 4.90 Å². The van der Waals surface area contributed by atoms with E-state index in [9.17, 15) is 0 Å². The summed E-state index contributed by atoms with van der Waals surface area (Å²) in [5, 5.41) is 0. The van der Waals surface area contributed by atoms with E-state index >= 15 is 0 Å². The minimum atomic E-state index is 0.609. The molecule has 0 N–H and O–H groups in total. The van der Waals surface area contributed by atoms with E-state index in [1.807, 2.05) is 0 Å². The van der Waals surface area contributed by atoms with Gasteiger partial charge in [-0.25, -0.2) is 0 Å². The van der Waals surface area contributed by atoms with E-state index < -0.39 is 0 Å². The van der Waals surface area contributed by atoms with Crippen LogP contribution in [0.1, 0.15) is 61.8 Å². The highest BCUT2D eigenvalue weighted by molar-refractivity contribution is 5.61. The maximum absolute atomic E-state index is 2.51. The number of aryl methyl sites for hydroxylation is 2. The lowest BCUT2D eigenvalue weighted by atomic mass is 9.87. The number of benzene rings is 1. The highest BCUT2D eigenvalue weighted by Crippen LogP contribution is 2.44. The molecular weight excluding hydrogens is 256 g/mol. The molecule has 116 valence electrons. The second-order valence-electron chi connectivity index (χ2n) is 7.67. The van der Waals surface area contributed by atoms with E-state index in [1.54, 1.807) is 5.56 Å². The Hall–Kier alpha value is -1.02. The standard InChI is InChI=1S/C19H31N2/c1-14-11-15(2)19-18(12-14)16(3)21(5,13-20(19)4)17-9-7-6-8-10-17/h11-12,16-17H,6-10,13H2,1-5H3/q+1. The second kappa shape index (κ2) is 5.31. The molecule has 0 bridgehead atoms. The Labute approximate surface area is 130 Å². The van der Waals surface area contributed by atoms with Crippen molar-refractivity contribution in [2.75, 3.05) is 25.7 Å². The van der Waals surface area contributed by atoms with Crippen LogP contribution >= 0.6 is 0 Å². The number of hydrogen-bond donors (Lipinski definition) is 0. The molecule has 1 saturated carbocycles. The van der Waals surface area contributed by atoms with Gasteiger partial charge >= 0.3 is 0 Å². The number of rotatable bonds is 1. The van der Waals surface area contributed by atoms with Crippen LogP contribution in [-0.4, -0.2) is 31.3 Å². The number of anilines is 1. The zero-order chi connectivity index (χ0) is 15.2. The lowest BCUT2D eigenvalue weighted by molar-refractivity contribution is -0.962. The smallest absolute Gasteiger partial charge is 0.154 e. The van der Waals surface area contributed by atoms with Gasteiger partial charge in [0.15, 0.2) is 6.67 Å². The SMILES string of the molecule is Cc1cc(C)c2c(c1)C(C)[N+](C)(C1CCCCC1)CN2C. The Morgan fingerprint density at radius 3 is 2.43 bits per heavy atom. The van der Waals surface area contributed by atoms with Gasteiger partial charge in [-0.2, -0.15) is 0 Å². The summed E-state index contributed by atoms with van der Waals surface area (Å²) in [5.74, 6) is 0. The molecule has 0 radical (unpaired) electrons. The first-order chi connectivity index (χ1) is 9.93. The highest BCUT2D eigenvalue weighted by Gasteiger charge is 2.44. The molecule has 0 aromatic heterocycles. The summed E-state index contributed by atoms with van der Waals surface area (Å²) in [5.41, 5.74) is 5.90. The topological polar surface area (TPSA) is 3.24 Å². The third-order valence-electron chi connectivity index (χ3n) is 6.12. The number of fused-ring (bicyclic) bond motifs is 1. The Kier molecular flexibility index (Phi) is 3.77. The summed E-state index contributed by atoms with van der Waals surface area (Å²) >= 11 is 0. The molecule has 1 aromatic carbocycles. The molecule has 2 nitrogen and oxygen atoms in total. The van der Waals surface area contributed by atoms with Crippen molar-refractivity contribution in [3.8, 4) is 0 Å². The Morgan fingerprint density at radius 2 is 1.76 bits per heavy atom. The Balaban J connectivity index is 2.03. The summed E-state index contributed by atoms with van der Waals surface area (Å²) in [6.45, 7) is 8.12. The first-order valence-corrected chi connectivity index (χ1v) is 8.60. The zero-order valence-electron chi connectivity index (χ0n) is 14.4.